The summed E-state index contributed by atoms with van der Waals surface area (Å²) in [5, 5.41) is 16.1. The molecule has 9 nitrogen and oxygen atoms in total. The molecule has 0 fully saturated rings. The van der Waals surface area contributed by atoms with Gasteiger partial charge < -0.3 is 15.4 Å². The molecule has 0 atom stereocenters. The third kappa shape index (κ3) is 6.21. The van der Waals surface area contributed by atoms with Gasteiger partial charge in [-0.1, -0.05) is 48.9 Å². The molecule has 35 heavy (non-hydrogen) atoms. The SMILES string of the molecule is CCc1cccc(C)c1NC(=O)COC(=O)c1ccccc1NC(=O)c1ccc([N+](=O)[O-])cc1Cl. The fourth-order valence-electron chi connectivity index (χ4n) is 3.35. The van der Waals surface area contributed by atoms with Gasteiger partial charge in [0.2, 0.25) is 0 Å². The van der Waals surface area contributed by atoms with Crippen LogP contribution in [0.4, 0.5) is 17.1 Å². The first-order chi connectivity index (χ1) is 16.7. The van der Waals surface area contributed by atoms with Crippen molar-refractivity contribution in [2.45, 2.75) is 20.3 Å². The van der Waals surface area contributed by atoms with Crippen molar-refractivity contribution in [3.8, 4) is 0 Å². The summed E-state index contributed by atoms with van der Waals surface area (Å²) in [6, 6.07) is 15.2. The van der Waals surface area contributed by atoms with Crippen LogP contribution in [0.15, 0.2) is 60.7 Å². The van der Waals surface area contributed by atoms with E-state index in [9.17, 15) is 24.5 Å². The van der Waals surface area contributed by atoms with Gasteiger partial charge in [-0.05, 0) is 42.7 Å². The summed E-state index contributed by atoms with van der Waals surface area (Å²) in [4.78, 5) is 48.0. The van der Waals surface area contributed by atoms with Crippen LogP contribution in [0.2, 0.25) is 5.02 Å². The number of anilines is 2. The number of ether oxygens (including phenoxy) is 1. The number of halogens is 1. The highest BCUT2D eigenvalue weighted by Crippen LogP contribution is 2.25. The number of carbonyl (C=O) groups is 3. The molecule has 0 bridgehead atoms. The molecule has 0 aromatic heterocycles. The van der Waals surface area contributed by atoms with Gasteiger partial charge in [-0.15, -0.1) is 0 Å². The molecule has 0 saturated carbocycles. The Labute approximate surface area is 206 Å². The molecule has 0 radical (unpaired) electrons. The number of aryl methyl sites for hydroxylation is 2. The summed E-state index contributed by atoms with van der Waals surface area (Å²) < 4.78 is 5.17. The Morgan fingerprint density at radius 2 is 1.74 bits per heavy atom. The minimum absolute atomic E-state index is 0.00947. The van der Waals surface area contributed by atoms with E-state index in [4.69, 9.17) is 16.3 Å². The Kier molecular flexibility index (Phi) is 8.17. The minimum atomic E-state index is -0.814. The fourth-order valence-corrected chi connectivity index (χ4v) is 3.61. The number of carbonyl (C=O) groups excluding carboxylic acids is 3. The van der Waals surface area contributed by atoms with E-state index in [1.54, 1.807) is 12.1 Å². The highest BCUT2D eigenvalue weighted by molar-refractivity contribution is 6.34. The molecule has 0 aliphatic heterocycles. The molecule has 180 valence electrons. The predicted molar refractivity (Wildman–Crippen MR) is 132 cm³/mol. The van der Waals surface area contributed by atoms with Crippen LogP contribution in [0.5, 0.6) is 0 Å². The fraction of sp³-hybridized carbons (Fsp3) is 0.160. The number of rotatable bonds is 8. The number of non-ortho nitro benzene ring substituents is 1. The van der Waals surface area contributed by atoms with Crippen LogP contribution in [-0.2, 0) is 16.0 Å². The molecule has 3 aromatic rings. The quantitative estimate of drug-likeness (QED) is 0.252. The maximum Gasteiger partial charge on any atom is 0.340 e. The molecule has 10 heteroatoms. The first-order valence-electron chi connectivity index (χ1n) is 10.6. The minimum Gasteiger partial charge on any atom is -0.452 e. The van der Waals surface area contributed by atoms with E-state index in [0.717, 1.165) is 29.7 Å². The molecular weight excluding hydrogens is 474 g/mol. The molecular formula is C25H22ClN3O6. The average molecular weight is 496 g/mol. The lowest BCUT2D eigenvalue weighted by molar-refractivity contribution is -0.384. The number of hydrogen-bond donors (Lipinski definition) is 2. The average Bonchev–Trinajstić information content (AvgIpc) is 2.83. The van der Waals surface area contributed by atoms with Crippen molar-refractivity contribution in [2.75, 3.05) is 17.2 Å². The molecule has 3 rings (SSSR count). The smallest absolute Gasteiger partial charge is 0.340 e. The summed E-state index contributed by atoms with van der Waals surface area (Å²) in [6.45, 7) is 3.32. The lowest BCUT2D eigenvalue weighted by Gasteiger charge is -2.14. The predicted octanol–water partition coefficient (Wildman–Crippen LogP) is 5.17. The summed E-state index contributed by atoms with van der Waals surface area (Å²) in [5.74, 6) is -1.98. The maximum atomic E-state index is 12.7. The van der Waals surface area contributed by atoms with E-state index >= 15 is 0 Å². The van der Waals surface area contributed by atoms with E-state index in [1.165, 1.54) is 18.2 Å². The largest absolute Gasteiger partial charge is 0.452 e. The van der Waals surface area contributed by atoms with Crippen LogP contribution in [0.3, 0.4) is 0 Å². The van der Waals surface area contributed by atoms with Crippen molar-refractivity contribution in [1.29, 1.82) is 0 Å². The van der Waals surface area contributed by atoms with Gasteiger partial charge in [0.05, 0.1) is 26.8 Å². The molecule has 3 aromatic carbocycles. The Balaban J connectivity index is 1.69. The standard InChI is InChI=1S/C25H22ClN3O6/c1-3-16-8-6-7-15(2)23(16)28-22(30)14-35-25(32)19-9-4-5-10-21(19)27-24(31)18-12-11-17(29(33)34)13-20(18)26/h4-13H,3,14H2,1-2H3,(H,27,31)(H,28,30). The lowest BCUT2D eigenvalue weighted by atomic mass is 10.1. The van der Waals surface area contributed by atoms with Gasteiger partial charge in [-0.25, -0.2) is 4.79 Å². The van der Waals surface area contributed by atoms with E-state index in [-0.39, 0.29) is 27.5 Å². The van der Waals surface area contributed by atoms with Gasteiger partial charge in [-0.2, -0.15) is 0 Å². The second-order valence-corrected chi connectivity index (χ2v) is 7.92. The molecule has 0 saturated heterocycles. The number of nitrogens with zero attached hydrogens (tertiary/aromatic N) is 1. The molecule has 0 aliphatic rings. The van der Waals surface area contributed by atoms with E-state index in [0.29, 0.717) is 5.69 Å². The van der Waals surface area contributed by atoms with Crippen molar-refractivity contribution >= 4 is 46.4 Å². The van der Waals surface area contributed by atoms with Crippen molar-refractivity contribution in [3.05, 3.63) is 98.1 Å². The van der Waals surface area contributed by atoms with Crippen LogP contribution in [-0.4, -0.2) is 29.3 Å². The Bertz CT molecular complexity index is 1310. The van der Waals surface area contributed by atoms with Gasteiger partial charge in [0, 0.05) is 17.8 Å². The molecule has 0 unspecified atom stereocenters. The van der Waals surface area contributed by atoms with Gasteiger partial charge in [0.15, 0.2) is 6.61 Å². The zero-order valence-corrected chi connectivity index (χ0v) is 19.7. The number of nitro benzene ring substituents is 1. The zero-order valence-electron chi connectivity index (χ0n) is 19.0. The lowest BCUT2D eigenvalue weighted by Crippen LogP contribution is -2.23. The Morgan fingerprint density at radius 3 is 2.43 bits per heavy atom. The molecule has 2 N–H and O–H groups in total. The van der Waals surface area contributed by atoms with E-state index < -0.39 is 29.3 Å². The molecule has 0 heterocycles. The zero-order chi connectivity index (χ0) is 25.5. The highest BCUT2D eigenvalue weighted by atomic mass is 35.5. The number of amides is 2. The monoisotopic (exact) mass is 495 g/mol. The second kappa shape index (κ2) is 11.3. The normalized spacial score (nSPS) is 10.4. The van der Waals surface area contributed by atoms with Gasteiger partial charge in [0.1, 0.15) is 0 Å². The van der Waals surface area contributed by atoms with E-state index in [1.807, 2.05) is 32.0 Å². The third-order valence-corrected chi connectivity index (χ3v) is 5.45. The first kappa shape index (κ1) is 25.4. The number of esters is 1. The summed E-state index contributed by atoms with van der Waals surface area (Å²) in [7, 11) is 0. The van der Waals surface area contributed by atoms with Crippen LogP contribution in [0.25, 0.3) is 0 Å². The van der Waals surface area contributed by atoms with Crippen molar-refractivity contribution in [3.63, 3.8) is 0 Å². The van der Waals surface area contributed by atoms with Crippen LogP contribution in [0.1, 0.15) is 38.8 Å². The van der Waals surface area contributed by atoms with Crippen molar-refractivity contribution in [2.24, 2.45) is 0 Å². The number of hydrogen-bond acceptors (Lipinski definition) is 6. The summed E-state index contributed by atoms with van der Waals surface area (Å²) in [5.41, 5.74) is 2.42. The van der Waals surface area contributed by atoms with Crippen molar-refractivity contribution in [1.82, 2.24) is 0 Å². The number of nitrogens with one attached hydrogen (secondary N) is 2. The van der Waals surface area contributed by atoms with E-state index in [2.05, 4.69) is 10.6 Å². The van der Waals surface area contributed by atoms with Crippen LogP contribution in [0, 0.1) is 17.0 Å². The molecule has 0 aliphatic carbocycles. The Morgan fingerprint density at radius 1 is 1.00 bits per heavy atom. The van der Waals surface area contributed by atoms with Gasteiger partial charge >= 0.3 is 5.97 Å². The first-order valence-corrected chi connectivity index (χ1v) is 11.0. The third-order valence-electron chi connectivity index (χ3n) is 5.14. The summed E-state index contributed by atoms with van der Waals surface area (Å²) >= 11 is 6.02. The second-order valence-electron chi connectivity index (χ2n) is 7.51. The molecule has 2 amide bonds. The summed E-state index contributed by atoms with van der Waals surface area (Å²) in [6.07, 6.45) is 0.725. The highest BCUT2D eigenvalue weighted by Gasteiger charge is 2.19. The van der Waals surface area contributed by atoms with Crippen LogP contribution < -0.4 is 10.6 Å². The van der Waals surface area contributed by atoms with Gasteiger partial charge in [0.25, 0.3) is 17.5 Å². The molecule has 0 spiro atoms. The van der Waals surface area contributed by atoms with Crippen molar-refractivity contribution < 1.29 is 24.0 Å². The van der Waals surface area contributed by atoms with Gasteiger partial charge in [-0.3, -0.25) is 19.7 Å². The van der Waals surface area contributed by atoms with Crippen LogP contribution >= 0.6 is 11.6 Å². The Hall–Kier alpha value is -4.24. The topological polar surface area (TPSA) is 128 Å². The maximum absolute atomic E-state index is 12.7. The number of benzene rings is 3. The number of para-hydroxylation sites is 2. The number of nitro groups is 1.